The van der Waals surface area contributed by atoms with Crippen molar-refractivity contribution in [3.05, 3.63) is 53.6 Å². The van der Waals surface area contributed by atoms with Crippen molar-refractivity contribution >= 4 is 5.91 Å². The largest absolute Gasteiger partial charge is 0.454 e. The average molecular weight is 392 g/mol. The van der Waals surface area contributed by atoms with Crippen molar-refractivity contribution in [1.29, 1.82) is 0 Å². The van der Waals surface area contributed by atoms with Crippen LogP contribution >= 0.6 is 0 Å². The second-order valence-electron chi connectivity index (χ2n) is 7.07. The summed E-state index contributed by atoms with van der Waals surface area (Å²) in [6, 6.07) is 13.4. The molecule has 0 bridgehead atoms. The van der Waals surface area contributed by atoms with Crippen molar-refractivity contribution in [2.75, 3.05) is 33.0 Å². The summed E-state index contributed by atoms with van der Waals surface area (Å²) < 4.78 is 10.8. The van der Waals surface area contributed by atoms with Crippen molar-refractivity contribution in [2.45, 2.75) is 6.54 Å². The van der Waals surface area contributed by atoms with Gasteiger partial charge in [-0.05, 0) is 35.0 Å². The molecule has 3 heterocycles. The quantitative estimate of drug-likeness (QED) is 0.720. The van der Waals surface area contributed by atoms with E-state index in [-0.39, 0.29) is 12.7 Å². The lowest BCUT2D eigenvalue weighted by molar-refractivity contribution is 0.0628. The van der Waals surface area contributed by atoms with Gasteiger partial charge in [0.1, 0.15) is 0 Å². The van der Waals surface area contributed by atoms with Crippen LogP contribution in [0, 0.1) is 0 Å². The first-order valence-corrected chi connectivity index (χ1v) is 9.50. The molecule has 2 aliphatic heterocycles. The highest BCUT2D eigenvalue weighted by molar-refractivity contribution is 5.94. The molecule has 1 aromatic heterocycles. The highest BCUT2D eigenvalue weighted by atomic mass is 16.7. The van der Waals surface area contributed by atoms with Crippen LogP contribution in [0.1, 0.15) is 15.9 Å². The van der Waals surface area contributed by atoms with Gasteiger partial charge in [-0.15, -0.1) is 10.2 Å². The third kappa shape index (κ3) is 3.64. The number of piperazine rings is 1. The SMILES string of the molecule is O=C(c1ccc(-c2nn[nH]n2)cc1)N1CCN(Cc2ccc3c(c2)OCO3)CC1. The third-order valence-corrected chi connectivity index (χ3v) is 5.24. The number of hydrogen-bond donors (Lipinski definition) is 1. The number of aromatic nitrogens is 4. The standard InChI is InChI=1S/C20H20N6O3/c27-20(16-4-2-15(3-5-16)19-21-23-24-22-19)26-9-7-25(8-10-26)12-14-1-6-17-18(11-14)29-13-28-17/h1-6,11H,7-10,12-13H2,(H,21,22,23,24). The zero-order valence-corrected chi connectivity index (χ0v) is 15.7. The summed E-state index contributed by atoms with van der Waals surface area (Å²) >= 11 is 0. The van der Waals surface area contributed by atoms with Crippen LogP contribution in [0.3, 0.4) is 0 Å². The molecule has 2 aromatic carbocycles. The molecular formula is C20H20N6O3. The Morgan fingerprint density at radius 2 is 1.79 bits per heavy atom. The van der Waals surface area contributed by atoms with Gasteiger partial charge in [0.25, 0.3) is 5.91 Å². The molecule has 0 unspecified atom stereocenters. The number of carbonyl (C=O) groups is 1. The first-order chi connectivity index (χ1) is 14.3. The maximum Gasteiger partial charge on any atom is 0.253 e. The number of hydrogen-bond acceptors (Lipinski definition) is 7. The zero-order valence-electron chi connectivity index (χ0n) is 15.7. The van der Waals surface area contributed by atoms with Crippen molar-refractivity contribution in [1.82, 2.24) is 30.4 Å². The smallest absolute Gasteiger partial charge is 0.253 e. The Kier molecular flexibility index (Phi) is 4.57. The molecule has 1 amide bonds. The maximum absolute atomic E-state index is 12.8. The van der Waals surface area contributed by atoms with Crippen LogP contribution in [0.25, 0.3) is 11.4 Å². The van der Waals surface area contributed by atoms with Gasteiger partial charge in [-0.2, -0.15) is 5.21 Å². The van der Waals surface area contributed by atoms with Gasteiger partial charge in [0.2, 0.25) is 12.6 Å². The molecule has 5 rings (SSSR count). The fourth-order valence-corrected chi connectivity index (χ4v) is 3.64. The number of nitrogens with zero attached hydrogens (tertiary/aromatic N) is 5. The lowest BCUT2D eigenvalue weighted by Crippen LogP contribution is -2.48. The summed E-state index contributed by atoms with van der Waals surface area (Å²) in [6.07, 6.45) is 0. The van der Waals surface area contributed by atoms with Gasteiger partial charge in [-0.25, -0.2) is 0 Å². The monoisotopic (exact) mass is 392 g/mol. The van der Waals surface area contributed by atoms with Crippen LogP contribution in [0.2, 0.25) is 0 Å². The van der Waals surface area contributed by atoms with Gasteiger partial charge in [0.05, 0.1) is 0 Å². The van der Waals surface area contributed by atoms with Crippen LogP contribution in [0.5, 0.6) is 11.5 Å². The number of rotatable bonds is 4. The van der Waals surface area contributed by atoms with Gasteiger partial charge in [0.15, 0.2) is 11.5 Å². The summed E-state index contributed by atoms with van der Waals surface area (Å²) in [7, 11) is 0. The third-order valence-electron chi connectivity index (χ3n) is 5.24. The molecule has 29 heavy (non-hydrogen) atoms. The van der Waals surface area contributed by atoms with Gasteiger partial charge < -0.3 is 14.4 Å². The Morgan fingerprint density at radius 3 is 2.55 bits per heavy atom. The molecule has 3 aromatic rings. The molecule has 0 atom stereocenters. The summed E-state index contributed by atoms with van der Waals surface area (Å²) in [4.78, 5) is 17.1. The van der Waals surface area contributed by atoms with Gasteiger partial charge in [-0.1, -0.05) is 18.2 Å². The van der Waals surface area contributed by atoms with Crippen LogP contribution in [0.15, 0.2) is 42.5 Å². The van der Waals surface area contributed by atoms with E-state index in [0.717, 1.165) is 36.7 Å². The normalized spacial score (nSPS) is 16.2. The molecule has 2 aliphatic rings. The highest BCUT2D eigenvalue weighted by Crippen LogP contribution is 2.32. The van der Waals surface area contributed by atoms with Crippen LogP contribution in [-0.4, -0.2) is 69.3 Å². The van der Waals surface area contributed by atoms with E-state index < -0.39 is 0 Å². The maximum atomic E-state index is 12.8. The van der Waals surface area contributed by atoms with E-state index in [1.165, 1.54) is 5.56 Å². The zero-order chi connectivity index (χ0) is 19.6. The molecule has 1 fully saturated rings. The summed E-state index contributed by atoms with van der Waals surface area (Å²) in [5.74, 6) is 2.17. The topological polar surface area (TPSA) is 96.5 Å². The Hall–Kier alpha value is -3.46. The fourth-order valence-electron chi connectivity index (χ4n) is 3.64. The minimum absolute atomic E-state index is 0.0485. The predicted octanol–water partition coefficient (Wildman–Crippen LogP) is 1.55. The molecule has 148 valence electrons. The molecule has 9 nitrogen and oxygen atoms in total. The number of tetrazole rings is 1. The van der Waals surface area contributed by atoms with Crippen LogP contribution < -0.4 is 9.47 Å². The van der Waals surface area contributed by atoms with E-state index in [1.54, 1.807) is 0 Å². The number of H-pyrrole nitrogens is 1. The van der Waals surface area contributed by atoms with Crippen molar-refractivity contribution in [3.8, 4) is 22.9 Å². The molecule has 1 N–H and O–H groups in total. The number of carbonyl (C=O) groups excluding carboxylic acids is 1. The Balaban J connectivity index is 1.17. The number of benzene rings is 2. The Morgan fingerprint density at radius 1 is 1.00 bits per heavy atom. The van der Waals surface area contributed by atoms with Gasteiger partial charge in [-0.3, -0.25) is 9.69 Å². The van der Waals surface area contributed by atoms with Gasteiger partial charge in [0, 0.05) is 43.9 Å². The number of fused-ring (bicyclic) bond motifs is 1. The molecule has 1 saturated heterocycles. The number of aromatic amines is 1. The lowest BCUT2D eigenvalue weighted by Gasteiger charge is -2.34. The first-order valence-electron chi connectivity index (χ1n) is 9.50. The summed E-state index contributed by atoms with van der Waals surface area (Å²) in [6.45, 7) is 4.20. The van der Waals surface area contributed by atoms with Crippen molar-refractivity contribution < 1.29 is 14.3 Å². The van der Waals surface area contributed by atoms with Crippen LogP contribution in [-0.2, 0) is 6.54 Å². The number of amides is 1. The molecule has 0 saturated carbocycles. The second-order valence-corrected chi connectivity index (χ2v) is 7.07. The number of nitrogens with one attached hydrogen (secondary N) is 1. The molecule has 0 aliphatic carbocycles. The molecule has 9 heteroatoms. The lowest BCUT2D eigenvalue weighted by atomic mass is 10.1. The highest BCUT2D eigenvalue weighted by Gasteiger charge is 2.23. The summed E-state index contributed by atoms with van der Waals surface area (Å²) in [5, 5.41) is 13.9. The van der Waals surface area contributed by atoms with Crippen LogP contribution in [0.4, 0.5) is 0 Å². The minimum Gasteiger partial charge on any atom is -0.454 e. The van der Waals surface area contributed by atoms with E-state index >= 15 is 0 Å². The van der Waals surface area contributed by atoms with E-state index in [4.69, 9.17) is 9.47 Å². The van der Waals surface area contributed by atoms with Crippen molar-refractivity contribution in [3.63, 3.8) is 0 Å². The van der Waals surface area contributed by atoms with Crippen molar-refractivity contribution in [2.24, 2.45) is 0 Å². The first kappa shape index (κ1) is 17.6. The Bertz CT molecular complexity index is 998. The predicted molar refractivity (Wildman–Crippen MR) is 103 cm³/mol. The van der Waals surface area contributed by atoms with E-state index in [0.29, 0.717) is 24.5 Å². The molecular weight excluding hydrogens is 372 g/mol. The van der Waals surface area contributed by atoms with E-state index in [1.807, 2.05) is 41.3 Å². The molecule has 0 spiro atoms. The molecule has 0 radical (unpaired) electrons. The van der Waals surface area contributed by atoms with E-state index in [2.05, 4.69) is 31.6 Å². The van der Waals surface area contributed by atoms with Gasteiger partial charge >= 0.3 is 0 Å². The summed E-state index contributed by atoms with van der Waals surface area (Å²) in [5.41, 5.74) is 2.68. The Labute approximate surface area is 167 Å². The number of ether oxygens (including phenoxy) is 2. The minimum atomic E-state index is 0.0485. The second kappa shape index (κ2) is 7.51. The van der Waals surface area contributed by atoms with E-state index in [9.17, 15) is 4.79 Å². The average Bonchev–Trinajstić information content (AvgIpc) is 3.46. The fraction of sp³-hybridized carbons (Fsp3) is 0.300.